The van der Waals surface area contributed by atoms with E-state index in [0.29, 0.717) is 5.71 Å². The van der Waals surface area contributed by atoms with Crippen LogP contribution < -0.4 is 10.9 Å². The first kappa shape index (κ1) is 13.9. The highest BCUT2D eigenvalue weighted by atomic mass is 16.2. The van der Waals surface area contributed by atoms with Crippen molar-refractivity contribution < 1.29 is 9.59 Å². The number of nitrogens with zero attached hydrogens (tertiary/aromatic N) is 2. The lowest BCUT2D eigenvalue weighted by Crippen LogP contribution is -2.34. The van der Waals surface area contributed by atoms with Gasteiger partial charge in [0.2, 0.25) is 0 Å². The summed E-state index contributed by atoms with van der Waals surface area (Å²) in [5, 5.41) is 9.81. The summed E-state index contributed by atoms with van der Waals surface area (Å²) in [5.74, 6) is -1.88. The number of fused-ring (bicyclic) bond motifs is 1. The summed E-state index contributed by atoms with van der Waals surface area (Å²) in [6.07, 6.45) is 1.26. The zero-order chi connectivity index (χ0) is 15.5. The van der Waals surface area contributed by atoms with Crippen molar-refractivity contribution in [3.8, 4) is 0 Å². The molecule has 0 aromatic heterocycles. The minimum Gasteiger partial charge on any atom is -0.272 e. The van der Waals surface area contributed by atoms with E-state index in [1.165, 1.54) is 6.21 Å². The molecule has 0 radical (unpaired) electrons. The molecular weight excluding hydrogens is 280 g/mol. The highest BCUT2D eigenvalue weighted by molar-refractivity contribution is 6.15. The maximum absolute atomic E-state index is 11.9. The average Bonchev–Trinajstić information content (AvgIpc) is 2.98. The second kappa shape index (κ2) is 5.77. The molecule has 6 heteroatoms. The molecule has 0 spiro atoms. The predicted octanol–water partition coefficient (Wildman–Crippen LogP) is 1.41. The van der Waals surface area contributed by atoms with Crippen molar-refractivity contribution in [2.24, 2.45) is 16.1 Å². The molecule has 0 saturated carbocycles. The molecule has 2 aromatic rings. The molecule has 0 bridgehead atoms. The number of amides is 2. The van der Waals surface area contributed by atoms with E-state index >= 15 is 0 Å². The van der Waals surface area contributed by atoms with Gasteiger partial charge in [-0.05, 0) is 17.7 Å². The van der Waals surface area contributed by atoms with Crippen molar-refractivity contribution in [3.05, 3.63) is 48.0 Å². The van der Waals surface area contributed by atoms with Gasteiger partial charge in [-0.1, -0.05) is 42.5 Å². The Morgan fingerprint density at radius 3 is 2.77 bits per heavy atom. The van der Waals surface area contributed by atoms with Gasteiger partial charge in [-0.2, -0.15) is 10.2 Å². The van der Waals surface area contributed by atoms with Crippen molar-refractivity contribution in [1.29, 1.82) is 0 Å². The normalized spacial score (nSPS) is 17.6. The number of hydrogen-bond donors (Lipinski definition) is 2. The summed E-state index contributed by atoms with van der Waals surface area (Å²) < 4.78 is 0. The summed E-state index contributed by atoms with van der Waals surface area (Å²) in [4.78, 5) is 23.2. The Labute approximate surface area is 126 Å². The van der Waals surface area contributed by atoms with Crippen LogP contribution in [0.1, 0.15) is 12.5 Å². The van der Waals surface area contributed by atoms with Gasteiger partial charge in [-0.25, -0.2) is 10.9 Å². The zero-order valence-corrected chi connectivity index (χ0v) is 11.9. The standard InChI is InChI=1S/C16H14N4O2/c1-10(18-20-16(22)14-9-17-19-15(14)21)12-8-4-6-11-5-2-3-7-13(11)12/h2-9,14H,1H3,(H,19,21)(H,20,22). The van der Waals surface area contributed by atoms with Crippen LogP contribution in [0.2, 0.25) is 0 Å². The molecule has 0 saturated heterocycles. The lowest BCUT2D eigenvalue weighted by atomic mass is 10.0. The van der Waals surface area contributed by atoms with Crippen LogP contribution in [0.5, 0.6) is 0 Å². The number of benzene rings is 2. The third-order valence-corrected chi connectivity index (χ3v) is 3.48. The Bertz CT molecular complexity index is 805. The smallest absolute Gasteiger partial charge is 0.258 e. The van der Waals surface area contributed by atoms with Gasteiger partial charge in [0.1, 0.15) is 0 Å². The van der Waals surface area contributed by atoms with Crippen LogP contribution in [-0.2, 0) is 9.59 Å². The quantitative estimate of drug-likeness (QED) is 0.510. The van der Waals surface area contributed by atoms with Crippen LogP contribution in [0.15, 0.2) is 52.7 Å². The Hall–Kier alpha value is -3.02. The zero-order valence-electron chi connectivity index (χ0n) is 11.9. The third kappa shape index (κ3) is 2.58. The second-order valence-corrected chi connectivity index (χ2v) is 4.93. The lowest BCUT2D eigenvalue weighted by molar-refractivity contribution is -0.131. The Balaban J connectivity index is 1.83. The summed E-state index contributed by atoms with van der Waals surface area (Å²) in [7, 11) is 0. The SMILES string of the molecule is CC(=NNC(=O)C1C=NNC1=O)c1cccc2ccccc12. The number of hydrazone groups is 2. The first-order chi connectivity index (χ1) is 10.7. The van der Waals surface area contributed by atoms with Crippen molar-refractivity contribution in [2.45, 2.75) is 6.92 Å². The summed E-state index contributed by atoms with van der Waals surface area (Å²) >= 11 is 0. The summed E-state index contributed by atoms with van der Waals surface area (Å²) in [6, 6.07) is 13.8. The number of carbonyl (C=O) groups excluding carboxylic acids is 2. The number of hydrogen-bond acceptors (Lipinski definition) is 4. The van der Waals surface area contributed by atoms with E-state index in [4.69, 9.17) is 0 Å². The van der Waals surface area contributed by atoms with Gasteiger partial charge in [-0.15, -0.1) is 0 Å². The minimum absolute atomic E-state index is 0.449. The minimum atomic E-state index is -0.927. The Kier molecular flexibility index (Phi) is 3.65. The molecule has 1 aliphatic rings. The Morgan fingerprint density at radius 1 is 1.23 bits per heavy atom. The fraction of sp³-hybridized carbons (Fsp3) is 0.125. The van der Waals surface area contributed by atoms with Crippen molar-refractivity contribution >= 4 is 34.5 Å². The molecule has 0 aliphatic carbocycles. The van der Waals surface area contributed by atoms with Gasteiger partial charge in [0.25, 0.3) is 11.8 Å². The van der Waals surface area contributed by atoms with E-state index in [1.807, 2.05) is 49.4 Å². The fourth-order valence-corrected chi connectivity index (χ4v) is 2.31. The second-order valence-electron chi connectivity index (χ2n) is 4.93. The van der Waals surface area contributed by atoms with Crippen molar-refractivity contribution in [1.82, 2.24) is 10.9 Å². The number of carbonyl (C=O) groups is 2. The molecule has 1 heterocycles. The van der Waals surface area contributed by atoms with E-state index in [1.54, 1.807) is 0 Å². The third-order valence-electron chi connectivity index (χ3n) is 3.48. The topological polar surface area (TPSA) is 82.9 Å². The van der Waals surface area contributed by atoms with Crippen LogP contribution in [0.25, 0.3) is 10.8 Å². The van der Waals surface area contributed by atoms with Gasteiger partial charge in [0.15, 0.2) is 5.92 Å². The molecule has 2 amide bonds. The summed E-state index contributed by atoms with van der Waals surface area (Å²) in [5.41, 5.74) is 6.23. The van der Waals surface area contributed by atoms with Crippen molar-refractivity contribution in [3.63, 3.8) is 0 Å². The van der Waals surface area contributed by atoms with E-state index in [2.05, 4.69) is 21.1 Å². The summed E-state index contributed by atoms with van der Waals surface area (Å²) in [6.45, 7) is 1.81. The van der Waals surface area contributed by atoms with Crippen LogP contribution in [-0.4, -0.2) is 23.7 Å². The van der Waals surface area contributed by atoms with Gasteiger partial charge in [0, 0.05) is 11.8 Å². The molecule has 0 fully saturated rings. The molecule has 3 rings (SSSR count). The molecule has 6 nitrogen and oxygen atoms in total. The van der Waals surface area contributed by atoms with Crippen LogP contribution in [0.4, 0.5) is 0 Å². The van der Waals surface area contributed by atoms with Crippen molar-refractivity contribution in [2.75, 3.05) is 0 Å². The van der Waals surface area contributed by atoms with Gasteiger partial charge in [0.05, 0.1) is 5.71 Å². The van der Waals surface area contributed by atoms with Crippen LogP contribution in [0.3, 0.4) is 0 Å². The monoisotopic (exact) mass is 294 g/mol. The first-order valence-corrected chi connectivity index (χ1v) is 6.82. The van der Waals surface area contributed by atoms with E-state index in [9.17, 15) is 9.59 Å². The van der Waals surface area contributed by atoms with Gasteiger partial charge in [-0.3, -0.25) is 9.59 Å². The molecule has 1 aliphatic heterocycles. The predicted molar refractivity (Wildman–Crippen MR) is 84.4 cm³/mol. The van der Waals surface area contributed by atoms with E-state index < -0.39 is 17.7 Å². The van der Waals surface area contributed by atoms with Crippen LogP contribution in [0, 0.1) is 5.92 Å². The maximum atomic E-state index is 11.9. The molecule has 2 N–H and O–H groups in total. The lowest BCUT2D eigenvalue weighted by Gasteiger charge is -2.07. The fourth-order valence-electron chi connectivity index (χ4n) is 2.31. The highest BCUT2D eigenvalue weighted by Gasteiger charge is 2.28. The average molecular weight is 294 g/mol. The van der Waals surface area contributed by atoms with Gasteiger partial charge < -0.3 is 0 Å². The largest absolute Gasteiger partial charge is 0.272 e. The van der Waals surface area contributed by atoms with Crippen LogP contribution >= 0.6 is 0 Å². The Morgan fingerprint density at radius 2 is 2.00 bits per heavy atom. The highest BCUT2D eigenvalue weighted by Crippen LogP contribution is 2.19. The molecule has 1 atom stereocenters. The van der Waals surface area contributed by atoms with E-state index in [0.717, 1.165) is 16.3 Å². The van der Waals surface area contributed by atoms with Gasteiger partial charge >= 0.3 is 0 Å². The molecule has 2 aromatic carbocycles. The maximum Gasteiger partial charge on any atom is 0.258 e. The first-order valence-electron chi connectivity index (χ1n) is 6.82. The molecular formula is C16H14N4O2. The number of nitrogens with one attached hydrogen (secondary N) is 2. The number of rotatable bonds is 3. The van der Waals surface area contributed by atoms with E-state index in [-0.39, 0.29) is 0 Å². The molecule has 22 heavy (non-hydrogen) atoms. The molecule has 110 valence electrons. The molecule has 1 unspecified atom stereocenters.